The molecule has 0 atom stereocenters. The molecule has 7 heteroatoms. The number of hydrogen-bond acceptors (Lipinski definition) is 4. The van der Waals surface area contributed by atoms with Gasteiger partial charge in [-0.25, -0.2) is 8.42 Å². The molecule has 0 unspecified atom stereocenters. The lowest BCUT2D eigenvalue weighted by Crippen LogP contribution is -2.19. The van der Waals surface area contributed by atoms with Gasteiger partial charge in [-0.3, -0.25) is 14.3 Å². The molecule has 0 bridgehead atoms. The van der Waals surface area contributed by atoms with Crippen LogP contribution in [0.4, 0.5) is 5.69 Å². The number of benzene rings is 1. The van der Waals surface area contributed by atoms with Crippen molar-refractivity contribution in [3.8, 4) is 0 Å². The Balaban J connectivity index is 2.34. The van der Waals surface area contributed by atoms with E-state index in [-0.39, 0.29) is 16.4 Å². The largest absolute Gasteiger partial charge is 0.327 e. The molecule has 0 saturated heterocycles. The van der Waals surface area contributed by atoms with Crippen LogP contribution in [0.5, 0.6) is 0 Å². The average Bonchev–Trinajstić information content (AvgIpc) is 2.41. The van der Waals surface area contributed by atoms with Crippen LogP contribution in [0.2, 0.25) is 0 Å². The van der Waals surface area contributed by atoms with Crippen molar-refractivity contribution in [2.45, 2.75) is 11.8 Å². The number of pyridine rings is 1. The van der Waals surface area contributed by atoms with Gasteiger partial charge in [-0.15, -0.1) is 0 Å². The molecule has 0 aliphatic carbocycles. The van der Waals surface area contributed by atoms with E-state index in [1.807, 2.05) is 0 Å². The second kappa shape index (κ2) is 5.30. The van der Waals surface area contributed by atoms with Gasteiger partial charge in [0.05, 0.1) is 4.90 Å². The first-order valence-electron chi connectivity index (χ1n) is 5.72. The number of anilines is 1. The summed E-state index contributed by atoms with van der Waals surface area (Å²) in [6.07, 6.45) is 1.40. The molecule has 2 rings (SSSR count). The number of Topliss-reactive ketones (excluding diaryl/α,β-unsaturated/α-hetero) is 1. The van der Waals surface area contributed by atoms with Gasteiger partial charge < -0.3 is 4.98 Å². The zero-order chi connectivity index (χ0) is 14.8. The maximum Gasteiger partial charge on any atom is 0.272 e. The Labute approximate surface area is 115 Å². The molecule has 104 valence electrons. The number of sulfonamides is 1. The van der Waals surface area contributed by atoms with Crippen molar-refractivity contribution < 1.29 is 13.2 Å². The fourth-order valence-electron chi connectivity index (χ4n) is 1.57. The van der Waals surface area contributed by atoms with Crippen LogP contribution in [0.3, 0.4) is 0 Å². The van der Waals surface area contributed by atoms with Gasteiger partial charge in [-0.2, -0.15) is 0 Å². The highest BCUT2D eigenvalue weighted by Gasteiger charge is 2.15. The monoisotopic (exact) mass is 292 g/mol. The first-order chi connectivity index (χ1) is 9.40. The van der Waals surface area contributed by atoms with Crippen LogP contribution in [0.15, 0.2) is 52.3 Å². The molecule has 6 nitrogen and oxygen atoms in total. The Kier molecular flexibility index (Phi) is 3.71. The number of ketones is 1. The van der Waals surface area contributed by atoms with Crippen molar-refractivity contribution in [3.05, 3.63) is 58.5 Å². The SMILES string of the molecule is CC(=O)c1ccc(S(=O)(=O)Nc2ccc[nH]c2=O)cc1. The van der Waals surface area contributed by atoms with Gasteiger partial charge in [0.25, 0.3) is 15.6 Å². The highest BCUT2D eigenvalue weighted by Crippen LogP contribution is 2.14. The molecule has 1 aromatic carbocycles. The summed E-state index contributed by atoms with van der Waals surface area (Å²) in [5, 5.41) is 0. The van der Waals surface area contributed by atoms with Crippen molar-refractivity contribution >= 4 is 21.5 Å². The number of aromatic nitrogens is 1. The summed E-state index contributed by atoms with van der Waals surface area (Å²) >= 11 is 0. The highest BCUT2D eigenvalue weighted by atomic mass is 32.2. The van der Waals surface area contributed by atoms with Crippen LogP contribution < -0.4 is 10.3 Å². The van der Waals surface area contributed by atoms with Crippen LogP contribution in [0.1, 0.15) is 17.3 Å². The maximum atomic E-state index is 12.1. The molecule has 20 heavy (non-hydrogen) atoms. The Bertz CT molecular complexity index is 792. The molecular weight excluding hydrogens is 280 g/mol. The lowest BCUT2D eigenvalue weighted by Gasteiger charge is -2.07. The summed E-state index contributed by atoms with van der Waals surface area (Å²) in [5.74, 6) is -0.151. The summed E-state index contributed by atoms with van der Waals surface area (Å²) < 4.78 is 26.4. The summed E-state index contributed by atoms with van der Waals surface area (Å²) in [6.45, 7) is 1.39. The van der Waals surface area contributed by atoms with Crippen LogP contribution in [0.25, 0.3) is 0 Å². The van der Waals surface area contributed by atoms with E-state index in [1.165, 1.54) is 49.5 Å². The van der Waals surface area contributed by atoms with Gasteiger partial charge in [0, 0.05) is 11.8 Å². The minimum Gasteiger partial charge on any atom is -0.327 e. The number of H-pyrrole nitrogens is 1. The lowest BCUT2D eigenvalue weighted by atomic mass is 10.2. The van der Waals surface area contributed by atoms with E-state index in [9.17, 15) is 18.0 Å². The average molecular weight is 292 g/mol. The number of aromatic amines is 1. The van der Waals surface area contributed by atoms with E-state index < -0.39 is 15.6 Å². The minimum absolute atomic E-state index is 0.0225. The van der Waals surface area contributed by atoms with Gasteiger partial charge in [-0.1, -0.05) is 12.1 Å². The van der Waals surface area contributed by atoms with Crippen LogP contribution in [-0.4, -0.2) is 19.2 Å². The van der Waals surface area contributed by atoms with E-state index >= 15 is 0 Å². The first-order valence-corrected chi connectivity index (χ1v) is 7.20. The van der Waals surface area contributed by atoms with Crippen molar-refractivity contribution in [2.75, 3.05) is 4.72 Å². The van der Waals surface area contributed by atoms with Gasteiger partial charge in [0.2, 0.25) is 0 Å². The molecule has 0 fully saturated rings. The Hall–Kier alpha value is -2.41. The van der Waals surface area contributed by atoms with Crippen molar-refractivity contribution in [2.24, 2.45) is 0 Å². The third-order valence-electron chi connectivity index (χ3n) is 2.63. The van der Waals surface area contributed by atoms with Gasteiger partial charge in [0.15, 0.2) is 5.78 Å². The third kappa shape index (κ3) is 2.94. The fraction of sp³-hybridized carbons (Fsp3) is 0.0769. The zero-order valence-electron chi connectivity index (χ0n) is 10.6. The molecule has 0 amide bonds. The molecule has 0 spiro atoms. The quantitative estimate of drug-likeness (QED) is 0.832. The van der Waals surface area contributed by atoms with E-state index in [0.29, 0.717) is 5.56 Å². The van der Waals surface area contributed by atoms with Crippen molar-refractivity contribution in [1.82, 2.24) is 4.98 Å². The lowest BCUT2D eigenvalue weighted by molar-refractivity contribution is 0.101. The topological polar surface area (TPSA) is 96.1 Å². The molecule has 1 aromatic heterocycles. The number of hydrogen-bond donors (Lipinski definition) is 2. The van der Waals surface area contributed by atoms with Crippen LogP contribution in [0, 0.1) is 0 Å². The molecule has 2 N–H and O–H groups in total. The van der Waals surface area contributed by atoms with E-state index in [4.69, 9.17) is 0 Å². The number of nitrogens with one attached hydrogen (secondary N) is 2. The standard InChI is InChI=1S/C13H12N2O4S/c1-9(16)10-4-6-11(7-5-10)20(18,19)15-12-3-2-8-14-13(12)17/h2-8,15H,1H3,(H,14,17). The second-order valence-corrected chi connectivity index (χ2v) is 5.78. The van der Waals surface area contributed by atoms with E-state index in [0.717, 1.165) is 0 Å². The molecule has 0 radical (unpaired) electrons. The highest BCUT2D eigenvalue weighted by molar-refractivity contribution is 7.92. The predicted octanol–water partition coefficient (Wildman–Crippen LogP) is 1.38. The zero-order valence-corrected chi connectivity index (χ0v) is 11.4. The number of carbonyl (C=O) groups is 1. The minimum atomic E-state index is -3.86. The normalized spacial score (nSPS) is 11.1. The number of rotatable bonds is 4. The number of carbonyl (C=O) groups excluding carboxylic acids is 1. The third-order valence-corrected chi connectivity index (χ3v) is 4.02. The molecular formula is C13H12N2O4S. The molecule has 0 saturated carbocycles. The van der Waals surface area contributed by atoms with Crippen molar-refractivity contribution in [3.63, 3.8) is 0 Å². The van der Waals surface area contributed by atoms with E-state index in [1.54, 1.807) is 0 Å². The first kappa shape index (κ1) is 14.0. The summed E-state index contributed by atoms with van der Waals surface area (Å²) in [6, 6.07) is 8.35. The Morgan fingerprint density at radius 1 is 1.15 bits per heavy atom. The Morgan fingerprint density at radius 2 is 1.80 bits per heavy atom. The molecule has 0 aliphatic heterocycles. The Morgan fingerprint density at radius 3 is 2.35 bits per heavy atom. The molecule has 1 heterocycles. The second-order valence-electron chi connectivity index (χ2n) is 4.10. The van der Waals surface area contributed by atoms with Gasteiger partial charge in [-0.05, 0) is 31.2 Å². The summed E-state index contributed by atoms with van der Waals surface area (Å²) in [4.78, 5) is 24.9. The predicted molar refractivity (Wildman–Crippen MR) is 74.3 cm³/mol. The summed E-state index contributed by atoms with van der Waals surface area (Å²) in [5.41, 5.74) is -0.180. The molecule has 2 aromatic rings. The van der Waals surface area contributed by atoms with E-state index in [2.05, 4.69) is 9.71 Å². The smallest absolute Gasteiger partial charge is 0.272 e. The fourth-order valence-corrected chi connectivity index (χ4v) is 2.64. The van der Waals surface area contributed by atoms with Crippen LogP contribution >= 0.6 is 0 Å². The van der Waals surface area contributed by atoms with Crippen molar-refractivity contribution in [1.29, 1.82) is 0 Å². The summed E-state index contributed by atoms with van der Waals surface area (Å²) in [7, 11) is -3.86. The maximum absolute atomic E-state index is 12.1. The van der Waals surface area contributed by atoms with Gasteiger partial charge in [0.1, 0.15) is 5.69 Å². The molecule has 0 aliphatic rings. The van der Waals surface area contributed by atoms with Gasteiger partial charge >= 0.3 is 0 Å². The van der Waals surface area contributed by atoms with Crippen LogP contribution in [-0.2, 0) is 10.0 Å².